The summed E-state index contributed by atoms with van der Waals surface area (Å²) in [6.07, 6.45) is 3.82. The van der Waals surface area contributed by atoms with Crippen LogP contribution >= 0.6 is 0 Å². The zero-order valence-electron chi connectivity index (χ0n) is 35.7. The van der Waals surface area contributed by atoms with Crippen LogP contribution in [0.2, 0.25) is 0 Å². The van der Waals surface area contributed by atoms with Gasteiger partial charge in [-0.05, 0) is 128 Å². The smallest absolute Gasteiger partial charge is 0.252 e. The van der Waals surface area contributed by atoms with Crippen LogP contribution in [-0.2, 0) is 10.8 Å². The van der Waals surface area contributed by atoms with E-state index in [9.17, 15) is 0 Å². The number of fused-ring (bicyclic) bond motifs is 9. The van der Waals surface area contributed by atoms with E-state index in [1.54, 1.807) is 0 Å². The quantitative estimate of drug-likeness (QED) is 0.167. The lowest BCUT2D eigenvalue weighted by atomic mass is 9.33. The van der Waals surface area contributed by atoms with E-state index in [1.165, 1.54) is 80.7 Å². The van der Waals surface area contributed by atoms with Gasteiger partial charge in [0.05, 0.1) is 0 Å². The van der Waals surface area contributed by atoms with E-state index in [0.717, 1.165) is 27.6 Å². The molecule has 3 nitrogen and oxygen atoms in total. The van der Waals surface area contributed by atoms with Crippen LogP contribution in [0.5, 0.6) is 0 Å². The first-order chi connectivity index (χ1) is 27.6. The third kappa shape index (κ3) is 4.93. The van der Waals surface area contributed by atoms with Crippen LogP contribution in [0.4, 0.5) is 28.4 Å². The molecule has 58 heavy (non-hydrogen) atoms. The Morgan fingerprint density at radius 2 is 1.24 bits per heavy atom. The molecule has 3 unspecified atom stereocenters. The average Bonchev–Trinajstić information content (AvgIpc) is 3.75. The molecule has 6 aromatic carbocycles. The fourth-order valence-electron chi connectivity index (χ4n) is 11.8. The van der Waals surface area contributed by atoms with E-state index in [-0.39, 0.29) is 28.4 Å². The number of furan rings is 1. The normalized spacial score (nSPS) is 21.8. The molecule has 0 N–H and O–H groups in total. The Hall–Kier alpha value is -5.22. The first kappa shape index (κ1) is 35.9. The zero-order chi connectivity index (χ0) is 40.1. The van der Waals surface area contributed by atoms with Gasteiger partial charge in [-0.15, -0.1) is 0 Å². The molecule has 4 aliphatic rings. The van der Waals surface area contributed by atoms with E-state index < -0.39 is 0 Å². The van der Waals surface area contributed by atoms with Gasteiger partial charge in [0.15, 0.2) is 0 Å². The van der Waals surface area contributed by atoms with Crippen molar-refractivity contribution < 1.29 is 4.42 Å². The standard InChI is InChI=1S/C54H55BN2O/c1-51(2,3)35-19-23-43-41(29-35)55-42-30-36(52(4,5)6)20-24-44(42)57(49-31-37-25-26-54(49,9)53(37,7)8)46-28-34(33-15-11-10-12-16-33)27-45(50(46)55)56(43)38-21-22-40-39-17-13-14-18-47(39)58-48(40)32-38/h10-24,27-30,32,37,49H,25-26,31H2,1-9H3. The third-order valence-electron chi connectivity index (χ3n) is 15.6. The molecule has 290 valence electrons. The molecule has 0 amide bonds. The Labute approximate surface area is 345 Å². The molecular formula is C54H55BN2O. The van der Waals surface area contributed by atoms with Gasteiger partial charge in [0.2, 0.25) is 0 Å². The first-order valence-electron chi connectivity index (χ1n) is 21.7. The van der Waals surface area contributed by atoms with Crippen LogP contribution in [0.25, 0.3) is 33.1 Å². The highest BCUT2D eigenvalue weighted by atomic mass is 16.3. The van der Waals surface area contributed by atoms with Gasteiger partial charge in [0, 0.05) is 51.3 Å². The van der Waals surface area contributed by atoms with E-state index in [4.69, 9.17) is 4.42 Å². The van der Waals surface area contributed by atoms with Gasteiger partial charge in [0.1, 0.15) is 11.2 Å². The van der Waals surface area contributed by atoms with Crippen LogP contribution in [0.1, 0.15) is 92.7 Å². The Kier molecular flexibility index (Phi) is 7.39. The van der Waals surface area contributed by atoms with E-state index >= 15 is 0 Å². The first-order valence-corrected chi connectivity index (χ1v) is 21.7. The fraction of sp³-hybridized carbons (Fsp3) is 0.333. The number of anilines is 5. The number of hydrogen-bond donors (Lipinski definition) is 0. The summed E-state index contributed by atoms with van der Waals surface area (Å²) in [4.78, 5) is 5.43. The monoisotopic (exact) mass is 758 g/mol. The topological polar surface area (TPSA) is 19.6 Å². The third-order valence-corrected chi connectivity index (χ3v) is 15.6. The minimum atomic E-state index is -0.00658. The van der Waals surface area contributed by atoms with Crippen molar-refractivity contribution in [2.24, 2.45) is 16.7 Å². The van der Waals surface area contributed by atoms with Crippen molar-refractivity contribution in [3.8, 4) is 11.1 Å². The molecule has 3 heterocycles. The lowest BCUT2D eigenvalue weighted by molar-refractivity contribution is 0.136. The molecule has 3 atom stereocenters. The number of para-hydroxylation sites is 1. The van der Waals surface area contributed by atoms with Crippen LogP contribution in [0.15, 0.2) is 126 Å². The van der Waals surface area contributed by atoms with E-state index in [2.05, 4.69) is 193 Å². The zero-order valence-corrected chi connectivity index (χ0v) is 35.7. The van der Waals surface area contributed by atoms with Crippen molar-refractivity contribution in [2.75, 3.05) is 9.80 Å². The van der Waals surface area contributed by atoms with Crippen molar-refractivity contribution in [3.63, 3.8) is 0 Å². The highest BCUT2D eigenvalue weighted by Crippen LogP contribution is 2.68. The minimum absolute atomic E-state index is 0.00658. The summed E-state index contributed by atoms with van der Waals surface area (Å²) in [5.41, 5.74) is 18.2. The molecule has 0 radical (unpaired) electrons. The summed E-state index contributed by atoms with van der Waals surface area (Å²) >= 11 is 0. The molecule has 0 saturated heterocycles. The molecule has 11 rings (SSSR count). The van der Waals surface area contributed by atoms with Crippen LogP contribution < -0.4 is 26.2 Å². The maximum absolute atomic E-state index is 6.59. The molecule has 2 aliphatic carbocycles. The lowest BCUT2D eigenvalue weighted by Crippen LogP contribution is -2.64. The summed E-state index contributed by atoms with van der Waals surface area (Å²) in [7, 11) is 0. The number of nitrogens with zero attached hydrogens (tertiary/aromatic N) is 2. The second-order valence-electron chi connectivity index (χ2n) is 20.9. The summed E-state index contributed by atoms with van der Waals surface area (Å²) < 4.78 is 6.59. The Balaban J connectivity index is 1.26. The highest BCUT2D eigenvalue weighted by molar-refractivity contribution is 7.00. The molecule has 2 bridgehead atoms. The van der Waals surface area contributed by atoms with Crippen LogP contribution in [0, 0.1) is 16.7 Å². The number of benzene rings is 6. The van der Waals surface area contributed by atoms with Crippen molar-refractivity contribution in [3.05, 3.63) is 132 Å². The van der Waals surface area contributed by atoms with Gasteiger partial charge < -0.3 is 14.2 Å². The molecule has 2 saturated carbocycles. The molecule has 2 aliphatic heterocycles. The van der Waals surface area contributed by atoms with Crippen LogP contribution in [0.3, 0.4) is 0 Å². The van der Waals surface area contributed by atoms with Crippen molar-refractivity contribution >= 4 is 73.5 Å². The van der Waals surface area contributed by atoms with Gasteiger partial charge in [0.25, 0.3) is 6.71 Å². The maximum Gasteiger partial charge on any atom is 0.252 e. The second kappa shape index (κ2) is 11.9. The van der Waals surface area contributed by atoms with Crippen molar-refractivity contribution in [1.82, 2.24) is 0 Å². The highest BCUT2D eigenvalue weighted by Gasteiger charge is 2.64. The van der Waals surface area contributed by atoms with E-state index in [0.29, 0.717) is 12.0 Å². The van der Waals surface area contributed by atoms with Crippen molar-refractivity contribution in [1.29, 1.82) is 0 Å². The lowest BCUT2D eigenvalue weighted by Gasteiger charge is -2.51. The molecule has 0 spiro atoms. The Bertz CT molecular complexity index is 2820. The SMILES string of the molecule is CC(C)(C)c1ccc2c(c1)B1c3cc(C(C)(C)C)ccc3N(C3CC4CCC3(C)C4(C)C)c3cc(-c4ccccc4)cc(c31)N2c1ccc2c(c1)oc1ccccc12. The maximum atomic E-state index is 6.59. The minimum Gasteiger partial charge on any atom is -0.456 e. The fourth-order valence-corrected chi connectivity index (χ4v) is 11.8. The summed E-state index contributed by atoms with van der Waals surface area (Å²) in [5.74, 6) is 0.716. The molecular weight excluding hydrogens is 703 g/mol. The van der Waals surface area contributed by atoms with Crippen LogP contribution in [-0.4, -0.2) is 12.8 Å². The molecule has 7 aromatic rings. The van der Waals surface area contributed by atoms with Crippen molar-refractivity contribution in [2.45, 2.75) is 98.4 Å². The largest absolute Gasteiger partial charge is 0.456 e. The molecule has 1 aromatic heterocycles. The molecule has 4 heteroatoms. The van der Waals surface area contributed by atoms with Gasteiger partial charge in [-0.2, -0.15) is 0 Å². The average molecular weight is 759 g/mol. The Morgan fingerprint density at radius 1 is 0.603 bits per heavy atom. The van der Waals surface area contributed by atoms with E-state index in [1.807, 2.05) is 0 Å². The predicted molar refractivity (Wildman–Crippen MR) is 247 cm³/mol. The Morgan fingerprint density at radius 3 is 1.91 bits per heavy atom. The number of hydrogen-bond acceptors (Lipinski definition) is 3. The summed E-state index contributed by atoms with van der Waals surface area (Å²) in [6.45, 7) is 22.0. The summed E-state index contributed by atoms with van der Waals surface area (Å²) in [5, 5.41) is 2.31. The van der Waals surface area contributed by atoms with Gasteiger partial charge in [-0.3, -0.25) is 0 Å². The van der Waals surface area contributed by atoms with Gasteiger partial charge >= 0.3 is 0 Å². The second-order valence-corrected chi connectivity index (χ2v) is 20.9. The van der Waals surface area contributed by atoms with Gasteiger partial charge in [-0.25, -0.2) is 0 Å². The van der Waals surface area contributed by atoms with Gasteiger partial charge in [-0.1, -0.05) is 135 Å². The number of rotatable bonds is 3. The predicted octanol–water partition coefficient (Wildman–Crippen LogP) is 12.8. The summed E-state index contributed by atoms with van der Waals surface area (Å²) in [6, 6.07) is 46.7. The molecule has 2 fully saturated rings.